The van der Waals surface area contributed by atoms with Crippen LogP contribution in [0.25, 0.3) is 0 Å². The maximum atomic E-state index is 12.0. The molecule has 0 saturated heterocycles. The molecule has 0 aromatic heterocycles. The monoisotopic (exact) mass is 331 g/mol. The second kappa shape index (κ2) is 6.24. The number of rotatable bonds is 5. The zero-order valence-electron chi connectivity index (χ0n) is 15.1. The molecule has 1 saturated carbocycles. The van der Waals surface area contributed by atoms with Crippen LogP contribution in [0.3, 0.4) is 0 Å². The lowest BCUT2D eigenvalue weighted by atomic mass is 9.78. The summed E-state index contributed by atoms with van der Waals surface area (Å²) in [5.41, 5.74) is -0.0470. The number of hydrogen-bond acceptors (Lipinski definition) is 2. The first-order chi connectivity index (χ1) is 9.29. The van der Waals surface area contributed by atoms with E-state index >= 15 is 0 Å². The summed E-state index contributed by atoms with van der Waals surface area (Å²) < 4.78 is 22.6. The third kappa shape index (κ3) is 5.00. The van der Waals surface area contributed by atoms with Crippen LogP contribution in [-0.4, -0.2) is 29.1 Å². The van der Waals surface area contributed by atoms with Crippen molar-refractivity contribution in [2.75, 3.05) is 0 Å². The average molecular weight is 332 g/mol. The summed E-state index contributed by atoms with van der Waals surface area (Å²) in [5, 5.41) is 0.223. The molecule has 0 spiro atoms. The number of hydrogen-bond donors (Lipinski definition) is 0. The molecule has 124 valence electrons. The van der Waals surface area contributed by atoms with Gasteiger partial charge in [-0.05, 0) is 58.2 Å². The predicted molar refractivity (Wildman–Crippen MR) is 95.9 cm³/mol. The second-order valence-corrected chi connectivity index (χ2v) is 15.4. The van der Waals surface area contributed by atoms with Crippen LogP contribution in [0, 0.1) is 0 Å². The molecule has 1 fully saturated rings. The van der Waals surface area contributed by atoms with E-state index in [0.29, 0.717) is 0 Å². The molecule has 0 amide bonds. The highest BCUT2D eigenvalue weighted by Crippen LogP contribution is 2.46. The van der Waals surface area contributed by atoms with Crippen LogP contribution in [-0.2, 0) is 15.4 Å². The molecule has 0 bridgehead atoms. The first-order valence-electron chi connectivity index (χ1n) is 7.94. The lowest BCUT2D eigenvalue weighted by molar-refractivity contribution is -0.0121. The van der Waals surface area contributed by atoms with E-state index in [9.17, 15) is 4.21 Å². The Morgan fingerprint density at radius 1 is 1.19 bits per heavy atom. The summed E-state index contributed by atoms with van der Waals surface area (Å²) in [6.07, 6.45) is 6.07. The summed E-state index contributed by atoms with van der Waals surface area (Å²) in [6, 6.07) is 0. The summed E-state index contributed by atoms with van der Waals surface area (Å²) in [4.78, 5) is 0. The van der Waals surface area contributed by atoms with E-state index < -0.39 is 19.3 Å². The van der Waals surface area contributed by atoms with Gasteiger partial charge in [0.2, 0.25) is 0 Å². The smallest absolute Gasteiger partial charge is 0.192 e. The first-order valence-corrected chi connectivity index (χ1v) is 12.0. The van der Waals surface area contributed by atoms with Gasteiger partial charge in [0, 0.05) is 12.6 Å². The Morgan fingerprint density at radius 2 is 1.71 bits per heavy atom. The third-order valence-electron chi connectivity index (χ3n) is 4.70. The van der Waals surface area contributed by atoms with Gasteiger partial charge in [-0.3, -0.25) is 0 Å². The fraction of sp³-hybridized carbons (Fsp3) is 0.938. The van der Waals surface area contributed by atoms with Crippen molar-refractivity contribution in [3.8, 4) is 0 Å². The Labute approximate surface area is 134 Å². The second-order valence-electron chi connectivity index (χ2n) is 8.75. The summed E-state index contributed by atoms with van der Waals surface area (Å²) >= 11 is 0. The molecule has 3 nitrogen and oxygen atoms in total. The molecule has 5 heteroatoms. The van der Waals surface area contributed by atoms with Crippen molar-refractivity contribution in [1.82, 2.24) is 0 Å². The Morgan fingerprint density at radius 3 is 2.05 bits per heavy atom. The molecule has 21 heavy (non-hydrogen) atoms. The van der Waals surface area contributed by atoms with E-state index in [2.05, 4.69) is 38.3 Å². The average Bonchev–Trinajstić information content (AvgIpc) is 2.22. The Bertz CT molecular complexity index is 415. The molecule has 1 rings (SSSR count). The molecule has 0 heterocycles. The van der Waals surface area contributed by atoms with Crippen LogP contribution in [0.4, 0.5) is 0 Å². The van der Waals surface area contributed by atoms with Gasteiger partial charge in [-0.1, -0.05) is 20.8 Å². The zero-order chi connectivity index (χ0) is 16.5. The SMILES string of the molecule is CC(C)(C)S(=O)N=CCC1(O[Si](C)(C)C(C)(C)C)CCC1. The fourth-order valence-corrected chi connectivity index (χ4v) is 4.25. The lowest BCUT2D eigenvalue weighted by Crippen LogP contribution is -2.53. The minimum atomic E-state index is -1.76. The Kier molecular flexibility index (Phi) is 5.66. The first kappa shape index (κ1) is 19.0. The van der Waals surface area contributed by atoms with Gasteiger partial charge in [0.05, 0.1) is 10.3 Å². The Hall–Kier alpha value is -0.00312. The highest BCUT2D eigenvalue weighted by atomic mass is 32.2. The van der Waals surface area contributed by atoms with Crippen molar-refractivity contribution < 1.29 is 8.63 Å². The maximum Gasteiger partial charge on any atom is 0.192 e. The van der Waals surface area contributed by atoms with E-state index in [1.165, 1.54) is 6.42 Å². The zero-order valence-corrected chi connectivity index (χ0v) is 16.9. The van der Waals surface area contributed by atoms with Crippen LogP contribution in [0.5, 0.6) is 0 Å². The van der Waals surface area contributed by atoms with Gasteiger partial charge in [0.25, 0.3) is 0 Å². The van der Waals surface area contributed by atoms with Crippen LogP contribution < -0.4 is 0 Å². The molecule has 1 aliphatic carbocycles. The molecule has 0 aromatic carbocycles. The molecule has 1 atom stereocenters. The predicted octanol–water partition coefficient (Wildman–Crippen LogP) is 4.85. The topological polar surface area (TPSA) is 38.7 Å². The van der Waals surface area contributed by atoms with Crippen LogP contribution in [0.2, 0.25) is 18.1 Å². The molecule has 0 N–H and O–H groups in total. The molecule has 1 aliphatic rings. The number of nitrogens with zero attached hydrogens (tertiary/aromatic N) is 1. The van der Waals surface area contributed by atoms with Gasteiger partial charge < -0.3 is 4.43 Å². The van der Waals surface area contributed by atoms with E-state index in [4.69, 9.17) is 4.43 Å². The molecule has 0 aliphatic heterocycles. The van der Waals surface area contributed by atoms with E-state index in [-0.39, 0.29) is 15.4 Å². The molecular weight excluding hydrogens is 298 g/mol. The summed E-state index contributed by atoms with van der Waals surface area (Å²) in [6.45, 7) is 17.3. The maximum absolute atomic E-state index is 12.0. The van der Waals surface area contributed by atoms with Gasteiger partial charge >= 0.3 is 0 Å². The van der Waals surface area contributed by atoms with Crippen LogP contribution in [0.15, 0.2) is 4.40 Å². The minimum Gasteiger partial charge on any atom is -0.411 e. The largest absolute Gasteiger partial charge is 0.411 e. The standard InChI is InChI=1S/C16H33NO2SSi/c1-14(2,3)20(18)17-13-12-16(10-9-11-16)19-21(7,8)15(4,5)6/h13H,9-12H2,1-8H3. The van der Waals surface area contributed by atoms with Crippen molar-refractivity contribution in [1.29, 1.82) is 0 Å². The van der Waals surface area contributed by atoms with E-state index in [1.54, 1.807) is 0 Å². The van der Waals surface area contributed by atoms with Gasteiger partial charge in [-0.25, -0.2) is 4.21 Å². The molecule has 0 radical (unpaired) electrons. The van der Waals surface area contributed by atoms with Gasteiger partial charge in [-0.2, -0.15) is 4.40 Å². The summed E-state index contributed by atoms with van der Waals surface area (Å²) in [5.74, 6) is 0. The van der Waals surface area contributed by atoms with Gasteiger partial charge in [0.15, 0.2) is 8.32 Å². The van der Waals surface area contributed by atoms with Crippen molar-refractivity contribution in [2.45, 2.75) is 95.7 Å². The molecule has 0 aromatic rings. The molecule has 1 unspecified atom stereocenters. The van der Waals surface area contributed by atoms with Gasteiger partial charge in [-0.15, -0.1) is 0 Å². The highest BCUT2D eigenvalue weighted by Gasteiger charge is 2.47. The quantitative estimate of drug-likeness (QED) is 0.533. The van der Waals surface area contributed by atoms with Crippen LogP contribution in [0.1, 0.15) is 67.2 Å². The van der Waals surface area contributed by atoms with E-state index in [0.717, 1.165) is 19.3 Å². The van der Waals surface area contributed by atoms with Crippen molar-refractivity contribution in [3.63, 3.8) is 0 Å². The Balaban J connectivity index is 2.71. The molecular formula is C16H33NO2SSi. The normalized spacial score (nSPS) is 21.3. The minimum absolute atomic E-state index is 0.0470. The third-order valence-corrected chi connectivity index (χ3v) is 10.6. The fourth-order valence-electron chi connectivity index (χ4n) is 2.04. The van der Waals surface area contributed by atoms with Gasteiger partial charge in [0.1, 0.15) is 11.0 Å². The lowest BCUT2D eigenvalue weighted by Gasteiger charge is -2.50. The summed E-state index contributed by atoms with van der Waals surface area (Å²) in [7, 11) is -2.93. The van der Waals surface area contributed by atoms with E-state index in [1.807, 2.05) is 27.0 Å². The van der Waals surface area contributed by atoms with Crippen LogP contribution >= 0.6 is 0 Å². The van der Waals surface area contributed by atoms with Crippen molar-refractivity contribution in [3.05, 3.63) is 0 Å². The van der Waals surface area contributed by atoms with Crippen molar-refractivity contribution in [2.24, 2.45) is 4.40 Å². The highest BCUT2D eigenvalue weighted by molar-refractivity contribution is 7.85. The van der Waals surface area contributed by atoms with Crippen molar-refractivity contribution >= 4 is 25.5 Å².